The molecule has 146 valence electrons. The SMILES string of the molecule is CSc1ccc(C(C)Sc2ncnc3c(N4CCOCC4)nc(Cl)nc23)cc1. The zero-order valence-corrected chi connectivity index (χ0v) is 18.0. The van der Waals surface area contributed by atoms with Crippen molar-refractivity contribution < 1.29 is 4.74 Å². The average Bonchev–Trinajstić information content (AvgIpc) is 2.74. The molecule has 0 N–H and O–H groups in total. The first-order chi connectivity index (χ1) is 13.7. The van der Waals surface area contributed by atoms with Gasteiger partial charge in [0.05, 0.1) is 13.2 Å². The topological polar surface area (TPSA) is 64.0 Å². The van der Waals surface area contributed by atoms with Gasteiger partial charge in [-0.1, -0.05) is 23.9 Å². The molecule has 1 unspecified atom stereocenters. The van der Waals surface area contributed by atoms with Gasteiger partial charge in [-0.05, 0) is 42.5 Å². The fraction of sp³-hybridized carbons (Fsp3) is 0.368. The lowest BCUT2D eigenvalue weighted by Gasteiger charge is -2.28. The normalized spacial score (nSPS) is 15.8. The molecule has 1 fully saturated rings. The average molecular weight is 434 g/mol. The van der Waals surface area contributed by atoms with Gasteiger partial charge in [-0.2, -0.15) is 4.98 Å². The smallest absolute Gasteiger partial charge is 0.225 e. The van der Waals surface area contributed by atoms with Crippen molar-refractivity contribution in [2.75, 3.05) is 37.5 Å². The molecule has 0 amide bonds. The summed E-state index contributed by atoms with van der Waals surface area (Å²) < 4.78 is 5.45. The Morgan fingerprint density at radius 3 is 2.54 bits per heavy atom. The van der Waals surface area contributed by atoms with Gasteiger partial charge in [0.15, 0.2) is 5.82 Å². The molecule has 0 aliphatic carbocycles. The van der Waals surface area contributed by atoms with E-state index in [0.717, 1.165) is 29.5 Å². The third-order valence-electron chi connectivity index (χ3n) is 4.59. The number of aromatic nitrogens is 4. The summed E-state index contributed by atoms with van der Waals surface area (Å²) in [6, 6.07) is 8.61. The molecule has 0 spiro atoms. The Labute approximate surface area is 177 Å². The Morgan fingerprint density at radius 2 is 1.82 bits per heavy atom. The van der Waals surface area contributed by atoms with Crippen molar-refractivity contribution in [1.29, 1.82) is 0 Å². The fourth-order valence-corrected chi connectivity index (χ4v) is 4.64. The van der Waals surface area contributed by atoms with E-state index in [4.69, 9.17) is 16.3 Å². The predicted molar refractivity (Wildman–Crippen MR) is 116 cm³/mol. The number of ether oxygens (including phenoxy) is 1. The van der Waals surface area contributed by atoms with Crippen LogP contribution in [0.2, 0.25) is 5.28 Å². The van der Waals surface area contributed by atoms with Gasteiger partial charge in [-0.3, -0.25) is 0 Å². The predicted octanol–water partition coefficient (Wildman–Crippen LogP) is 4.49. The van der Waals surface area contributed by atoms with E-state index in [0.29, 0.717) is 18.7 Å². The summed E-state index contributed by atoms with van der Waals surface area (Å²) >= 11 is 9.65. The van der Waals surface area contributed by atoms with Gasteiger partial charge in [-0.15, -0.1) is 11.8 Å². The first-order valence-electron chi connectivity index (χ1n) is 8.97. The molecule has 1 aliphatic rings. The zero-order chi connectivity index (χ0) is 19.5. The third-order valence-corrected chi connectivity index (χ3v) is 6.65. The Kier molecular flexibility index (Phi) is 6.20. The highest BCUT2D eigenvalue weighted by atomic mass is 35.5. The number of hydrogen-bond donors (Lipinski definition) is 0. The van der Waals surface area contributed by atoms with Crippen LogP contribution in [0.1, 0.15) is 17.7 Å². The molecule has 2 aromatic heterocycles. The van der Waals surface area contributed by atoms with Crippen molar-refractivity contribution in [2.45, 2.75) is 22.1 Å². The monoisotopic (exact) mass is 433 g/mol. The molecule has 1 saturated heterocycles. The van der Waals surface area contributed by atoms with Crippen molar-refractivity contribution in [1.82, 2.24) is 19.9 Å². The van der Waals surface area contributed by atoms with Crippen molar-refractivity contribution in [2.24, 2.45) is 0 Å². The van der Waals surface area contributed by atoms with E-state index in [2.05, 4.69) is 62.3 Å². The second-order valence-electron chi connectivity index (χ2n) is 6.32. The Balaban J connectivity index is 1.68. The van der Waals surface area contributed by atoms with E-state index in [1.165, 1.54) is 10.5 Å². The quantitative estimate of drug-likeness (QED) is 0.331. The number of rotatable bonds is 5. The van der Waals surface area contributed by atoms with Crippen LogP contribution in [0, 0.1) is 0 Å². The van der Waals surface area contributed by atoms with Crippen LogP contribution in [-0.2, 0) is 4.74 Å². The highest BCUT2D eigenvalue weighted by Crippen LogP contribution is 2.38. The fourth-order valence-electron chi connectivity index (χ4n) is 3.08. The first-order valence-corrected chi connectivity index (χ1v) is 11.5. The molecular weight excluding hydrogens is 414 g/mol. The minimum Gasteiger partial charge on any atom is -0.378 e. The largest absolute Gasteiger partial charge is 0.378 e. The van der Waals surface area contributed by atoms with Gasteiger partial charge in [-0.25, -0.2) is 15.0 Å². The van der Waals surface area contributed by atoms with Crippen molar-refractivity contribution >= 4 is 52.0 Å². The summed E-state index contributed by atoms with van der Waals surface area (Å²) in [5.41, 5.74) is 2.67. The summed E-state index contributed by atoms with van der Waals surface area (Å²) in [5.74, 6) is 0.750. The summed E-state index contributed by atoms with van der Waals surface area (Å²) in [5, 5.41) is 1.24. The maximum Gasteiger partial charge on any atom is 0.225 e. The third kappa shape index (κ3) is 4.20. The molecule has 3 aromatic rings. The van der Waals surface area contributed by atoms with Crippen LogP contribution in [-0.4, -0.2) is 52.5 Å². The van der Waals surface area contributed by atoms with Crippen LogP contribution < -0.4 is 4.90 Å². The van der Waals surface area contributed by atoms with Crippen LogP contribution >= 0.6 is 35.1 Å². The van der Waals surface area contributed by atoms with E-state index in [9.17, 15) is 0 Å². The molecule has 6 nitrogen and oxygen atoms in total. The van der Waals surface area contributed by atoms with Crippen LogP contribution in [0.4, 0.5) is 5.82 Å². The molecule has 0 saturated carbocycles. The molecule has 28 heavy (non-hydrogen) atoms. The van der Waals surface area contributed by atoms with Crippen LogP contribution in [0.15, 0.2) is 40.5 Å². The van der Waals surface area contributed by atoms with Gasteiger partial charge in [0.2, 0.25) is 5.28 Å². The number of hydrogen-bond acceptors (Lipinski definition) is 8. The molecule has 1 atom stereocenters. The highest BCUT2D eigenvalue weighted by molar-refractivity contribution is 7.99. The van der Waals surface area contributed by atoms with E-state index >= 15 is 0 Å². The number of fused-ring (bicyclic) bond motifs is 1. The maximum atomic E-state index is 6.25. The molecule has 0 bridgehead atoms. The van der Waals surface area contributed by atoms with Crippen LogP contribution in [0.5, 0.6) is 0 Å². The second-order valence-corrected chi connectivity index (χ2v) is 8.87. The lowest BCUT2D eigenvalue weighted by molar-refractivity contribution is 0.122. The molecule has 0 radical (unpaired) electrons. The Hall–Kier alpha value is -1.61. The summed E-state index contributed by atoms with van der Waals surface area (Å²) in [6.45, 7) is 5.01. The Bertz CT molecular complexity index is 966. The van der Waals surface area contributed by atoms with E-state index in [-0.39, 0.29) is 10.5 Å². The molecule has 1 aromatic carbocycles. The van der Waals surface area contributed by atoms with E-state index in [1.807, 2.05) is 0 Å². The first kappa shape index (κ1) is 19.7. The summed E-state index contributed by atoms with van der Waals surface area (Å²) in [4.78, 5) is 21.3. The number of nitrogens with zero attached hydrogens (tertiary/aromatic N) is 5. The van der Waals surface area contributed by atoms with Crippen molar-refractivity contribution in [3.8, 4) is 0 Å². The van der Waals surface area contributed by atoms with Crippen molar-refractivity contribution in [3.63, 3.8) is 0 Å². The lowest BCUT2D eigenvalue weighted by atomic mass is 10.2. The Morgan fingerprint density at radius 1 is 1.07 bits per heavy atom. The lowest BCUT2D eigenvalue weighted by Crippen LogP contribution is -2.37. The van der Waals surface area contributed by atoms with Crippen LogP contribution in [0.25, 0.3) is 11.0 Å². The minimum absolute atomic E-state index is 0.211. The van der Waals surface area contributed by atoms with Gasteiger partial charge < -0.3 is 9.64 Å². The standard InChI is InChI=1S/C19H20ClN5OS2/c1-12(13-3-5-14(27-2)6-4-13)28-18-16-15(21-11-22-18)17(24-19(20)23-16)25-7-9-26-10-8-25/h3-6,11-12H,7-10H2,1-2H3. The molecule has 3 heterocycles. The number of anilines is 1. The molecule has 4 rings (SSSR count). The number of halogens is 1. The van der Waals surface area contributed by atoms with Gasteiger partial charge in [0.25, 0.3) is 0 Å². The second kappa shape index (κ2) is 8.82. The van der Waals surface area contributed by atoms with Gasteiger partial charge in [0, 0.05) is 23.2 Å². The molecule has 1 aliphatic heterocycles. The summed E-state index contributed by atoms with van der Waals surface area (Å²) in [6.07, 6.45) is 3.66. The number of morpholine rings is 1. The zero-order valence-electron chi connectivity index (χ0n) is 15.6. The van der Waals surface area contributed by atoms with Crippen molar-refractivity contribution in [3.05, 3.63) is 41.4 Å². The van der Waals surface area contributed by atoms with E-state index < -0.39 is 0 Å². The molecular formula is C19H20ClN5OS2. The van der Waals surface area contributed by atoms with Crippen LogP contribution in [0.3, 0.4) is 0 Å². The number of benzene rings is 1. The highest BCUT2D eigenvalue weighted by Gasteiger charge is 2.21. The number of thioether (sulfide) groups is 2. The van der Waals surface area contributed by atoms with Gasteiger partial charge >= 0.3 is 0 Å². The molecule has 9 heteroatoms. The minimum atomic E-state index is 0.211. The maximum absolute atomic E-state index is 6.25. The summed E-state index contributed by atoms with van der Waals surface area (Å²) in [7, 11) is 0. The van der Waals surface area contributed by atoms with Gasteiger partial charge in [0.1, 0.15) is 22.4 Å². The van der Waals surface area contributed by atoms with E-state index in [1.54, 1.807) is 29.9 Å².